The average molecular weight is 221 g/mol. The molecule has 0 amide bonds. The van der Waals surface area contributed by atoms with Crippen molar-refractivity contribution < 1.29 is 14.3 Å². The minimum Gasteiger partial charge on any atom is -0.476 e. The van der Waals surface area contributed by atoms with Gasteiger partial charge in [0.2, 0.25) is 0 Å². The van der Waals surface area contributed by atoms with Gasteiger partial charge in [-0.1, -0.05) is 0 Å². The fraction of sp³-hybridized carbons (Fsp3) is 0.100. The lowest BCUT2D eigenvalue weighted by Gasteiger charge is -1.98. The zero-order valence-corrected chi connectivity index (χ0v) is 8.38. The van der Waals surface area contributed by atoms with Gasteiger partial charge in [0.05, 0.1) is 5.56 Å². The second-order valence-electron chi connectivity index (χ2n) is 3.20. The van der Waals surface area contributed by atoms with Crippen molar-refractivity contribution in [3.63, 3.8) is 0 Å². The highest BCUT2D eigenvalue weighted by atomic mass is 19.1. The zero-order valence-electron chi connectivity index (χ0n) is 8.38. The molecule has 0 spiro atoms. The topological polar surface area (TPSA) is 68.0 Å². The van der Waals surface area contributed by atoms with E-state index in [0.29, 0.717) is 0 Å². The van der Waals surface area contributed by atoms with Crippen LogP contribution >= 0.6 is 0 Å². The lowest BCUT2D eigenvalue weighted by molar-refractivity contribution is 0.0690. The van der Waals surface area contributed by atoms with E-state index in [1.54, 1.807) is 7.05 Å². The van der Waals surface area contributed by atoms with Crippen molar-refractivity contribution in [3.8, 4) is 11.3 Å². The molecule has 16 heavy (non-hydrogen) atoms. The predicted octanol–water partition coefficient (Wildman–Crippen LogP) is 1.32. The number of halogens is 1. The number of aryl methyl sites for hydroxylation is 1. The highest BCUT2D eigenvalue weighted by Crippen LogP contribution is 2.22. The maximum absolute atomic E-state index is 13.4. The van der Waals surface area contributed by atoms with Gasteiger partial charge >= 0.3 is 5.97 Å². The number of hydrogen-bond acceptors (Lipinski definition) is 3. The number of aromatic carboxylic acids is 1. The maximum atomic E-state index is 13.4. The van der Waals surface area contributed by atoms with Crippen molar-refractivity contribution in [1.29, 1.82) is 0 Å². The number of pyridine rings is 1. The van der Waals surface area contributed by atoms with Crippen molar-refractivity contribution in [3.05, 3.63) is 36.0 Å². The Kier molecular flexibility index (Phi) is 2.40. The van der Waals surface area contributed by atoms with E-state index in [1.807, 2.05) is 0 Å². The molecule has 2 rings (SSSR count). The van der Waals surface area contributed by atoms with Gasteiger partial charge in [0.1, 0.15) is 11.5 Å². The van der Waals surface area contributed by atoms with Crippen molar-refractivity contribution >= 4 is 5.97 Å². The Morgan fingerprint density at radius 3 is 2.94 bits per heavy atom. The van der Waals surface area contributed by atoms with E-state index in [-0.39, 0.29) is 17.0 Å². The molecule has 0 bridgehead atoms. The summed E-state index contributed by atoms with van der Waals surface area (Å²) in [7, 11) is 1.57. The van der Waals surface area contributed by atoms with Crippen LogP contribution in [0.15, 0.2) is 24.5 Å². The van der Waals surface area contributed by atoms with Gasteiger partial charge in [0, 0.05) is 19.4 Å². The van der Waals surface area contributed by atoms with E-state index in [1.165, 1.54) is 29.2 Å². The van der Waals surface area contributed by atoms with Gasteiger partial charge in [-0.25, -0.2) is 9.18 Å². The number of rotatable bonds is 2. The Balaban J connectivity index is 2.64. The van der Waals surface area contributed by atoms with E-state index in [2.05, 4.69) is 10.1 Å². The molecule has 0 saturated heterocycles. The number of carboxylic acid groups (broad SMARTS) is 1. The molecule has 0 aliphatic heterocycles. The van der Waals surface area contributed by atoms with Crippen molar-refractivity contribution in [2.45, 2.75) is 0 Å². The molecule has 0 atom stereocenters. The van der Waals surface area contributed by atoms with Gasteiger partial charge in [-0.3, -0.25) is 9.67 Å². The molecule has 0 saturated carbocycles. The van der Waals surface area contributed by atoms with Crippen LogP contribution in [0.1, 0.15) is 10.5 Å². The molecule has 2 aromatic heterocycles. The van der Waals surface area contributed by atoms with Crippen LogP contribution in [0.4, 0.5) is 4.39 Å². The molecule has 0 aromatic carbocycles. The van der Waals surface area contributed by atoms with Crippen LogP contribution in [0.2, 0.25) is 0 Å². The van der Waals surface area contributed by atoms with E-state index in [4.69, 9.17) is 5.11 Å². The van der Waals surface area contributed by atoms with Crippen LogP contribution in [0.5, 0.6) is 0 Å². The SMILES string of the molecule is Cn1cc(-c2ncccc2F)c(C(=O)O)n1. The Morgan fingerprint density at radius 2 is 2.31 bits per heavy atom. The number of hydrogen-bond donors (Lipinski definition) is 1. The smallest absolute Gasteiger partial charge is 0.357 e. The second-order valence-corrected chi connectivity index (χ2v) is 3.20. The molecule has 0 fully saturated rings. The number of carboxylic acids is 1. The van der Waals surface area contributed by atoms with Gasteiger partial charge < -0.3 is 5.11 Å². The Morgan fingerprint density at radius 1 is 1.56 bits per heavy atom. The molecule has 2 aromatic rings. The summed E-state index contributed by atoms with van der Waals surface area (Å²) < 4.78 is 14.7. The van der Waals surface area contributed by atoms with E-state index >= 15 is 0 Å². The van der Waals surface area contributed by atoms with Crippen LogP contribution in [0.25, 0.3) is 11.3 Å². The molecule has 2 heterocycles. The maximum Gasteiger partial charge on any atom is 0.357 e. The third-order valence-corrected chi connectivity index (χ3v) is 2.04. The Labute approximate surface area is 90.2 Å². The normalized spacial score (nSPS) is 10.4. The Hall–Kier alpha value is -2.24. The molecule has 0 aliphatic rings. The first-order valence-electron chi connectivity index (χ1n) is 4.47. The van der Waals surface area contributed by atoms with Gasteiger partial charge in [0.25, 0.3) is 0 Å². The highest BCUT2D eigenvalue weighted by molar-refractivity contribution is 5.93. The van der Waals surface area contributed by atoms with Gasteiger partial charge in [0.15, 0.2) is 5.69 Å². The lowest BCUT2D eigenvalue weighted by Crippen LogP contribution is -2.01. The predicted molar refractivity (Wildman–Crippen MR) is 53.4 cm³/mol. The lowest BCUT2D eigenvalue weighted by atomic mass is 10.1. The fourth-order valence-electron chi connectivity index (χ4n) is 1.40. The molecule has 5 nitrogen and oxygen atoms in total. The van der Waals surface area contributed by atoms with Crippen molar-refractivity contribution in [2.75, 3.05) is 0 Å². The number of carbonyl (C=O) groups is 1. The largest absolute Gasteiger partial charge is 0.476 e. The molecular formula is C10H8FN3O2. The van der Waals surface area contributed by atoms with Crippen LogP contribution < -0.4 is 0 Å². The molecule has 1 N–H and O–H groups in total. The number of aromatic nitrogens is 3. The molecule has 82 valence electrons. The molecular weight excluding hydrogens is 213 g/mol. The van der Waals surface area contributed by atoms with Gasteiger partial charge in [-0.05, 0) is 12.1 Å². The summed E-state index contributed by atoms with van der Waals surface area (Å²) in [6.45, 7) is 0. The van der Waals surface area contributed by atoms with E-state index in [9.17, 15) is 9.18 Å². The minimum absolute atomic E-state index is 0.00648. The van der Waals surface area contributed by atoms with E-state index < -0.39 is 11.8 Å². The highest BCUT2D eigenvalue weighted by Gasteiger charge is 2.19. The van der Waals surface area contributed by atoms with Crippen LogP contribution in [0.3, 0.4) is 0 Å². The van der Waals surface area contributed by atoms with Crippen LogP contribution in [0, 0.1) is 5.82 Å². The van der Waals surface area contributed by atoms with Crippen LogP contribution in [-0.2, 0) is 7.05 Å². The molecule has 6 heteroatoms. The summed E-state index contributed by atoms with van der Waals surface area (Å²) in [5.41, 5.74) is -0.0406. The number of nitrogens with zero attached hydrogens (tertiary/aromatic N) is 3. The summed E-state index contributed by atoms with van der Waals surface area (Å²) in [5.74, 6) is -1.78. The van der Waals surface area contributed by atoms with Crippen molar-refractivity contribution in [1.82, 2.24) is 14.8 Å². The molecule has 0 unspecified atom stereocenters. The first kappa shape index (κ1) is 10.3. The molecule has 0 radical (unpaired) electrons. The second kappa shape index (κ2) is 3.73. The summed E-state index contributed by atoms with van der Waals surface area (Å²) in [6, 6.07) is 2.66. The fourth-order valence-corrected chi connectivity index (χ4v) is 1.40. The summed E-state index contributed by atoms with van der Waals surface area (Å²) in [5, 5.41) is 12.6. The minimum atomic E-state index is -1.21. The zero-order chi connectivity index (χ0) is 11.7. The third kappa shape index (κ3) is 1.65. The summed E-state index contributed by atoms with van der Waals surface area (Å²) >= 11 is 0. The van der Waals surface area contributed by atoms with E-state index in [0.717, 1.165) is 0 Å². The molecule has 0 aliphatic carbocycles. The van der Waals surface area contributed by atoms with Crippen molar-refractivity contribution in [2.24, 2.45) is 7.05 Å². The van der Waals surface area contributed by atoms with Gasteiger partial charge in [-0.2, -0.15) is 5.10 Å². The first-order chi connectivity index (χ1) is 7.59. The quantitative estimate of drug-likeness (QED) is 0.830. The Bertz CT molecular complexity index is 551. The third-order valence-electron chi connectivity index (χ3n) is 2.04. The standard InChI is InChI=1S/C10H8FN3O2/c1-14-5-6(9(13-14)10(15)16)8-7(11)3-2-4-12-8/h2-5H,1H3,(H,15,16). The van der Waals surface area contributed by atoms with Crippen LogP contribution in [-0.4, -0.2) is 25.8 Å². The summed E-state index contributed by atoms with van der Waals surface area (Å²) in [4.78, 5) is 14.7. The average Bonchev–Trinajstić information content (AvgIpc) is 2.61. The first-order valence-corrected chi connectivity index (χ1v) is 4.47. The monoisotopic (exact) mass is 221 g/mol. The summed E-state index contributed by atoms with van der Waals surface area (Å²) in [6.07, 6.45) is 2.83. The van der Waals surface area contributed by atoms with Gasteiger partial charge in [-0.15, -0.1) is 0 Å².